The molecule has 0 saturated heterocycles. The second kappa shape index (κ2) is 5.15. The van der Waals surface area contributed by atoms with E-state index in [1.165, 1.54) is 0 Å². The van der Waals surface area contributed by atoms with E-state index in [1.807, 2.05) is 6.92 Å². The third kappa shape index (κ3) is 2.94. The average molecular weight is 182 g/mol. The number of carbonyl (C=O) groups is 2. The first kappa shape index (κ1) is 10.4. The van der Waals surface area contributed by atoms with E-state index in [4.69, 9.17) is 0 Å². The Bertz CT molecular complexity index is 176. The maximum Gasteiger partial charge on any atom is 0.143 e. The lowest BCUT2D eigenvalue weighted by Gasteiger charge is -2.10. The number of hydrogen-bond acceptors (Lipinski definition) is 2. The predicted octanol–water partition coefficient (Wildman–Crippen LogP) is 2.51. The topological polar surface area (TPSA) is 34.1 Å². The van der Waals surface area contributed by atoms with Crippen molar-refractivity contribution < 1.29 is 9.59 Å². The van der Waals surface area contributed by atoms with Crippen LogP contribution < -0.4 is 0 Å². The molecule has 1 saturated carbocycles. The molecule has 0 heterocycles. The van der Waals surface area contributed by atoms with Crippen LogP contribution in [0.3, 0.4) is 0 Å². The zero-order chi connectivity index (χ0) is 9.68. The summed E-state index contributed by atoms with van der Waals surface area (Å²) in [7, 11) is 0. The standard InChI is InChI=1S/C11H18O2/c1-2-9-10(12)7-5-3-4-6-8-11(9)13/h9H,2-8H2,1H3. The van der Waals surface area contributed by atoms with Crippen molar-refractivity contribution in [2.24, 2.45) is 5.92 Å². The molecular weight excluding hydrogens is 164 g/mol. The van der Waals surface area contributed by atoms with Crippen LogP contribution in [0.4, 0.5) is 0 Å². The van der Waals surface area contributed by atoms with E-state index in [9.17, 15) is 9.59 Å². The molecule has 0 aromatic rings. The smallest absolute Gasteiger partial charge is 0.143 e. The van der Waals surface area contributed by atoms with Crippen LogP contribution in [0.25, 0.3) is 0 Å². The Balaban J connectivity index is 2.61. The molecule has 0 aromatic carbocycles. The van der Waals surface area contributed by atoms with E-state index < -0.39 is 0 Å². The normalized spacial score (nSPS) is 22.2. The highest BCUT2D eigenvalue weighted by Gasteiger charge is 2.24. The van der Waals surface area contributed by atoms with Crippen molar-refractivity contribution in [3.63, 3.8) is 0 Å². The Kier molecular flexibility index (Phi) is 4.13. The molecule has 0 N–H and O–H groups in total. The number of rotatable bonds is 1. The van der Waals surface area contributed by atoms with Crippen LogP contribution in [0.15, 0.2) is 0 Å². The zero-order valence-electron chi connectivity index (χ0n) is 8.34. The summed E-state index contributed by atoms with van der Waals surface area (Å²) in [4.78, 5) is 23.1. The van der Waals surface area contributed by atoms with Gasteiger partial charge in [0.15, 0.2) is 0 Å². The van der Waals surface area contributed by atoms with Gasteiger partial charge in [0.05, 0.1) is 5.92 Å². The SMILES string of the molecule is CCC1C(=O)CCCCCCC1=O. The van der Waals surface area contributed by atoms with Crippen molar-refractivity contribution in [1.29, 1.82) is 0 Å². The number of Topliss-reactive ketones (excluding diaryl/α,β-unsaturated/α-hetero) is 2. The van der Waals surface area contributed by atoms with E-state index >= 15 is 0 Å². The van der Waals surface area contributed by atoms with Crippen LogP contribution in [0.5, 0.6) is 0 Å². The fourth-order valence-electron chi connectivity index (χ4n) is 1.94. The molecule has 1 fully saturated rings. The lowest BCUT2D eigenvalue weighted by Crippen LogP contribution is -2.22. The first-order valence-corrected chi connectivity index (χ1v) is 5.31. The molecule has 0 radical (unpaired) electrons. The molecule has 2 heteroatoms. The van der Waals surface area contributed by atoms with Gasteiger partial charge in [-0.25, -0.2) is 0 Å². The van der Waals surface area contributed by atoms with Gasteiger partial charge in [-0.2, -0.15) is 0 Å². The Morgan fingerprint density at radius 2 is 1.46 bits per heavy atom. The van der Waals surface area contributed by atoms with Gasteiger partial charge in [0.2, 0.25) is 0 Å². The highest BCUT2D eigenvalue weighted by molar-refractivity contribution is 6.02. The summed E-state index contributed by atoms with van der Waals surface area (Å²) in [6, 6.07) is 0. The van der Waals surface area contributed by atoms with Crippen molar-refractivity contribution in [2.45, 2.75) is 51.9 Å². The predicted molar refractivity (Wildman–Crippen MR) is 51.5 cm³/mol. The van der Waals surface area contributed by atoms with Gasteiger partial charge in [0.1, 0.15) is 11.6 Å². The summed E-state index contributed by atoms with van der Waals surface area (Å²) in [6.07, 6.45) is 6.09. The minimum Gasteiger partial charge on any atom is -0.299 e. The fourth-order valence-corrected chi connectivity index (χ4v) is 1.94. The second-order valence-corrected chi connectivity index (χ2v) is 3.81. The molecule has 0 aliphatic heterocycles. The molecule has 2 nitrogen and oxygen atoms in total. The summed E-state index contributed by atoms with van der Waals surface area (Å²) in [5, 5.41) is 0. The van der Waals surface area contributed by atoms with E-state index in [2.05, 4.69) is 0 Å². The number of ketones is 2. The van der Waals surface area contributed by atoms with Gasteiger partial charge < -0.3 is 0 Å². The molecule has 0 bridgehead atoms. The second-order valence-electron chi connectivity index (χ2n) is 3.81. The highest BCUT2D eigenvalue weighted by Crippen LogP contribution is 2.18. The molecule has 13 heavy (non-hydrogen) atoms. The van der Waals surface area contributed by atoms with Gasteiger partial charge in [-0.1, -0.05) is 19.8 Å². The quantitative estimate of drug-likeness (QED) is 0.584. The average Bonchev–Trinajstić information content (AvgIpc) is 2.17. The minimum atomic E-state index is -0.280. The first-order valence-electron chi connectivity index (χ1n) is 5.31. The Hall–Kier alpha value is -0.660. The van der Waals surface area contributed by atoms with E-state index in [1.54, 1.807) is 0 Å². The van der Waals surface area contributed by atoms with Gasteiger partial charge >= 0.3 is 0 Å². The van der Waals surface area contributed by atoms with Crippen molar-refractivity contribution in [3.05, 3.63) is 0 Å². The third-order valence-electron chi connectivity index (χ3n) is 2.78. The third-order valence-corrected chi connectivity index (χ3v) is 2.78. The van der Waals surface area contributed by atoms with Crippen LogP contribution in [0.2, 0.25) is 0 Å². The molecule has 0 spiro atoms. The Morgan fingerprint density at radius 1 is 1.00 bits per heavy atom. The van der Waals surface area contributed by atoms with Crippen LogP contribution >= 0.6 is 0 Å². The summed E-state index contributed by atoms with van der Waals surface area (Å²) in [5.74, 6) is 0.0712. The molecule has 1 rings (SSSR count). The molecule has 0 aromatic heterocycles. The lowest BCUT2D eigenvalue weighted by molar-refractivity contribution is -0.132. The number of carbonyl (C=O) groups excluding carboxylic acids is 2. The molecule has 0 atom stereocenters. The van der Waals surface area contributed by atoms with Crippen LogP contribution in [0, 0.1) is 5.92 Å². The molecule has 1 aliphatic rings. The van der Waals surface area contributed by atoms with E-state index in [0.29, 0.717) is 19.3 Å². The minimum absolute atomic E-state index is 0.175. The van der Waals surface area contributed by atoms with Gasteiger partial charge in [-0.05, 0) is 19.3 Å². The van der Waals surface area contributed by atoms with Crippen LogP contribution in [-0.2, 0) is 9.59 Å². The largest absolute Gasteiger partial charge is 0.299 e. The summed E-state index contributed by atoms with van der Waals surface area (Å²) in [6.45, 7) is 1.93. The van der Waals surface area contributed by atoms with E-state index in [0.717, 1.165) is 25.7 Å². The monoisotopic (exact) mass is 182 g/mol. The van der Waals surface area contributed by atoms with Gasteiger partial charge in [-0.15, -0.1) is 0 Å². The molecule has 0 unspecified atom stereocenters. The summed E-state index contributed by atoms with van der Waals surface area (Å²) < 4.78 is 0. The van der Waals surface area contributed by atoms with Crippen molar-refractivity contribution >= 4 is 11.6 Å². The molecule has 74 valence electrons. The van der Waals surface area contributed by atoms with Gasteiger partial charge in [0, 0.05) is 12.8 Å². The van der Waals surface area contributed by atoms with Gasteiger partial charge in [-0.3, -0.25) is 9.59 Å². The number of hydrogen-bond donors (Lipinski definition) is 0. The maximum atomic E-state index is 11.5. The molecular formula is C11H18O2. The Labute approximate surface area is 79.7 Å². The molecule has 0 amide bonds. The van der Waals surface area contributed by atoms with E-state index in [-0.39, 0.29) is 17.5 Å². The zero-order valence-corrected chi connectivity index (χ0v) is 8.34. The first-order chi connectivity index (χ1) is 6.25. The maximum absolute atomic E-state index is 11.5. The highest BCUT2D eigenvalue weighted by atomic mass is 16.1. The van der Waals surface area contributed by atoms with Gasteiger partial charge in [0.25, 0.3) is 0 Å². The van der Waals surface area contributed by atoms with Crippen molar-refractivity contribution in [1.82, 2.24) is 0 Å². The van der Waals surface area contributed by atoms with Crippen molar-refractivity contribution in [3.8, 4) is 0 Å². The molecule has 1 aliphatic carbocycles. The van der Waals surface area contributed by atoms with Crippen molar-refractivity contribution in [2.75, 3.05) is 0 Å². The van der Waals surface area contributed by atoms with Crippen LogP contribution in [0.1, 0.15) is 51.9 Å². The Morgan fingerprint density at radius 3 is 1.85 bits per heavy atom. The lowest BCUT2D eigenvalue weighted by atomic mass is 9.92. The van der Waals surface area contributed by atoms with Crippen LogP contribution in [-0.4, -0.2) is 11.6 Å². The summed E-state index contributed by atoms with van der Waals surface area (Å²) in [5.41, 5.74) is 0. The summed E-state index contributed by atoms with van der Waals surface area (Å²) >= 11 is 0. The fraction of sp³-hybridized carbons (Fsp3) is 0.818.